The van der Waals surface area contributed by atoms with Crippen molar-refractivity contribution in [1.82, 2.24) is 20.2 Å². The highest BCUT2D eigenvalue weighted by atomic mass is 32.1. The van der Waals surface area contributed by atoms with Crippen molar-refractivity contribution in [3.05, 3.63) is 150 Å². The third kappa shape index (κ3) is 6.72. The molecule has 0 saturated heterocycles. The molecule has 0 fully saturated rings. The first-order valence-electron chi connectivity index (χ1n) is 16.0. The van der Waals surface area contributed by atoms with E-state index < -0.39 is 35.4 Å². The van der Waals surface area contributed by atoms with E-state index in [2.05, 4.69) is 20.2 Å². The molecule has 2 aliphatic rings. The quantitative estimate of drug-likeness (QED) is 0.138. The van der Waals surface area contributed by atoms with E-state index in [9.17, 15) is 29.4 Å². The Morgan fingerprint density at radius 3 is 1.75 bits per heavy atom. The van der Waals surface area contributed by atoms with Crippen molar-refractivity contribution in [1.29, 1.82) is 0 Å². The second-order valence-electron chi connectivity index (χ2n) is 11.9. The van der Waals surface area contributed by atoms with Crippen LogP contribution in [0.1, 0.15) is 67.3 Å². The van der Waals surface area contributed by atoms with E-state index in [1.54, 1.807) is 71.1 Å². The normalized spacial score (nSPS) is 17.2. The third-order valence-electron chi connectivity index (χ3n) is 8.27. The molecule has 2 N–H and O–H groups in total. The third-order valence-corrected chi connectivity index (χ3v) is 12.0. The van der Waals surface area contributed by atoms with Gasteiger partial charge in [-0.2, -0.15) is 0 Å². The fourth-order valence-electron chi connectivity index (χ4n) is 5.85. The molecule has 8 rings (SSSR count). The first-order valence-corrected chi connectivity index (χ1v) is 19.5. The van der Waals surface area contributed by atoms with E-state index in [4.69, 9.17) is 0 Å². The van der Waals surface area contributed by atoms with Gasteiger partial charge in [0.05, 0.1) is 33.0 Å². The number of carbonyl (C=O) groups is 4. The summed E-state index contributed by atoms with van der Waals surface area (Å²) in [5, 5.41) is 36.2. The SMILES string of the molecule is CC(C)c1nnc(N2C(=O)C(O)=C(C(=O)c3cccs3)C2c2cccnc2)s1.O=C(C1=C(O)C(=O)N(c2nccs2)C1c1ccccc1)c1cccs1. The molecule has 2 amide bonds. The van der Waals surface area contributed by atoms with Crippen LogP contribution in [-0.4, -0.2) is 53.8 Å². The smallest absolute Gasteiger partial charge is 0.296 e. The number of thiophene rings is 2. The standard InChI is InChI=1S/C19H16N4O3S2.C18H12N2O3S2/c1-10(2)17-21-22-19(28-17)23-14(11-5-3-7-20-9-11)13(16(25)18(23)26)15(24)12-6-4-8-27-12;21-15(12-7-4-9-24-12)13-14(11-5-2-1-3-6-11)20(17(23)16(13)22)18-19-8-10-25-18/h3-10,14,25H,1-2H3;1-10,14,22H. The lowest BCUT2D eigenvalue weighted by molar-refractivity contribution is -0.117. The zero-order valence-electron chi connectivity index (χ0n) is 27.9. The molecule has 2 unspecified atom stereocenters. The Hall–Kier alpha value is -5.68. The molecular weight excluding hydrogens is 753 g/mol. The minimum atomic E-state index is -0.816. The average Bonchev–Trinajstić information content (AvgIpc) is 4.03. The molecule has 0 aliphatic carbocycles. The number of aliphatic hydroxyl groups is 2. The number of rotatable bonds is 9. The minimum Gasteiger partial charge on any atom is -0.503 e. The van der Waals surface area contributed by atoms with Crippen molar-refractivity contribution in [2.24, 2.45) is 0 Å². The summed E-state index contributed by atoms with van der Waals surface area (Å²) in [5.74, 6) is -2.92. The number of benzene rings is 1. The number of amides is 2. The monoisotopic (exact) mass is 780 g/mol. The summed E-state index contributed by atoms with van der Waals surface area (Å²) in [6.07, 6.45) is 4.78. The zero-order valence-corrected chi connectivity index (χ0v) is 31.2. The number of aromatic nitrogens is 4. The van der Waals surface area contributed by atoms with Crippen molar-refractivity contribution in [3.63, 3.8) is 0 Å². The minimum absolute atomic E-state index is 0.0294. The molecule has 1 aromatic carbocycles. The van der Waals surface area contributed by atoms with Gasteiger partial charge in [-0.15, -0.1) is 44.2 Å². The summed E-state index contributed by atoms with van der Waals surface area (Å²) in [6, 6.07) is 18.0. The van der Waals surface area contributed by atoms with Crippen molar-refractivity contribution < 1.29 is 29.4 Å². The van der Waals surface area contributed by atoms with E-state index in [1.807, 2.05) is 44.2 Å². The number of anilines is 2. The highest BCUT2D eigenvalue weighted by Crippen LogP contribution is 2.44. The van der Waals surface area contributed by atoms with Crippen LogP contribution in [0, 0.1) is 0 Å². The summed E-state index contributed by atoms with van der Waals surface area (Å²) in [5.41, 5.74) is 1.48. The largest absolute Gasteiger partial charge is 0.503 e. The molecule has 266 valence electrons. The molecule has 5 aromatic heterocycles. The number of thiazole rings is 1. The predicted octanol–water partition coefficient (Wildman–Crippen LogP) is 7.89. The van der Waals surface area contributed by atoms with Crippen molar-refractivity contribution in [3.8, 4) is 0 Å². The van der Waals surface area contributed by atoms with Crippen molar-refractivity contribution in [2.45, 2.75) is 31.8 Å². The first-order chi connectivity index (χ1) is 25.7. The summed E-state index contributed by atoms with van der Waals surface area (Å²) >= 11 is 5.09. The Bertz CT molecular complexity index is 2340. The molecule has 7 heterocycles. The lowest BCUT2D eigenvalue weighted by Crippen LogP contribution is -2.31. The molecule has 2 atom stereocenters. The molecule has 2 aliphatic heterocycles. The Balaban J connectivity index is 0.000000165. The van der Waals surface area contributed by atoms with Crippen LogP contribution in [0.2, 0.25) is 0 Å². The molecule has 12 nitrogen and oxygen atoms in total. The number of pyridine rings is 1. The van der Waals surface area contributed by atoms with Crippen LogP contribution in [-0.2, 0) is 9.59 Å². The maximum atomic E-state index is 13.1. The fourth-order valence-corrected chi connectivity index (χ4v) is 8.74. The van der Waals surface area contributed by atoms with Gasteiger partial charge in [-0.1, -0.05) is 73.7 Å². The maximum absolute atomic E-state index is 13.1. The second kappa shape index (κ2) is 15.1. The number of hydrogen-bond donors (Lipinski definition) is 2. The average molecular weight is 781 g/mol. The van der Waals surface area contributed by atoms with Gasteiger partial charge >= 0.3 is 0 Å². The highest BCUT2D eigenvalue weighted by molar-refractivity contribution is 7.15. The number of aliphatic hydroxyl groups excluding tert-OH is 2. The molecular formula is C37H28N6O6S4. The van der Waals surface area contributed by atoms with Gasteiger partial charge in [0, 0.05) is 29.9 Å². The molecule has 0 saturated carbocycles. The van der Waals surface area contributed by atoms with E-state index in [0.29, 0.717) is 25.6 Å². The Morgan fingerprint density at radius 1 is 0.679 bits per heavy atom. The van der Waals surface area contributed by atoms with E-state index in [-0.39, 0.29) is 28.6 Å². The molecule has 6 aromatic rings. The van der Waals surface area contributed by atoms with Gasteiger partial charge in [-0.25, -0.2) is 4.98 Å². The number of Topliss-reactive ketones (excluding diaryl/α,β-unsaturated/α-hetero) is 2. The first kappa shape index (κ1) is 35.7. The van der Waals surface area contributed by atoms with Gasteiger partial charge in [0.25, 0.3) is 11.8 Å². The number of nitrogens with zero attached hydrogens (tertiary/aromatic N) is 6. The van der Waals surface area contributed by atoms with Crippen molar-refractivity contribution >= 4 is 79.0 Å². The van der Waals surface area contributed by atoms with Gasteiger partial charge in [0.1, 0.15) is 5.01 Å². The molecule has 0 bridgehead atoms. The van der Waals surface area contributed by atoms with Crippen LogP contribution in [0.3, 0.4) is 0 Å². The summed E-state index contributed by atoms with van der Waals surface area (Å²) in [4.78, 5) is 63.7. The van der Waals surface area contributed by atoms with E-state index >= 15 is 0 Å². The van der Waals surface area contributed by atoms with Gasteiger partial charge in [0.15, 0.2) is 16.6 Å². The van der Waals surface area contributed by atoms with Gasteiger partial charge in [-0.05, 0) is 40.1 Å². The summed E-state index contributed by atoms with van der Waals surface area (Å²) in [7, 11) is 0. The van der Waals surface area contributed by atoms with Gasteiger partial charge in [-0.3, -0.25) is 34.0 Å². The number of hydrogen-bond acceptors (Lipinski definition) is 14. The van der Waals surface area contributed by atoms with E-state index in [0.717, 1.165) is 10.6 Å². The van der Waals surface area contributed by atoms with Crippen LogP contribution < -0.4 is 9.80 Å². The molecule has 0 spiro atoms. The molecule has 0 radical (unpaired) electrons. The summed E-state index contributed by atoms with van der Waals surface area (Å²) in [6.45, 7) is 3.96. The van der Waals surface area contributed by atoms with Crippen LogP contribution >= 0.6 is 45.3 Å². The number of ketones is 2. The fraction of sp³-hybridized carbons (Fsp3) is 0.135. The Labute approximate surface area is 318 Å². The summed E-state index contributed by atoms with van der Waals surface area (Å²) < 4.78 is 0. The van der Waals surface area contributed by atoms with Crippen LogP contribution in [0.4, 0.5) is 10.3 Å². The van der Waals surface area contributed by atoms with E-state index in [1.165, 1.54) is 55.1 Å². The molecule has 53 heavy (non-hydrogen) atoms. The van der Waals surface area contributed by atoms with Crippen LogP contribution in [0.15, 0.2) is 124 Å². The predicted molar refractivity (Wildman–Crippen MR) is 204 cm³/mol. The lowest BCUT2D eigenvalue weighted by Gasteiger charge is -2.24. The highest BCUT2D eigenvalue weighted by Gasteiger charge is 2.47. The lowest BCUT2D eigenvalue weighted by atomic mass is 9.96. The van der Waals surface area contributed by atoms with Gasteiger partial charge < -0.3 is 10.2 Å². The Kier molecular flexibility index (Phi) is 10.2. The van der Waals surface area contributed by atoms with Crippen LogP contribution in [0.5, 0.6) is 0 Å². The maximum Gasteiger partial charge on any atom is 0.296 e. The topological polar surface area (TPSA) is 167 Å². The van der Waals surface area contributed by atoms with Crippen LogP contribution in [0.25, 0.3) is 0 Å². The van der Waals surface area contributed by atoms with Gasteiger partial charge in [0.2, 0.25) is 16.7 Å². The zero-order chi connectivity index (χ0) is 37.2. The van der Waals surface area contributed by atoms with Crippen molar-refractivity contribution in [2.75, 3.05) is 9.80 Å². The second-order valence-corrected chi connectivity index (χ2v) is 15.6. The number of carbonyl (C=O) groups excluding carboxylic acids is 4. The molecule has 16 heteroatoms. The Morgan fingerprint density at radius 2 is 1.26 bits per heavy atom.